The second kappa shape index (κ2) is 8.33. The van der Waals surface area contributed by atoms with Gasteiger partial charge in [-0.25, -0.2) is 0 Å². The number of aromatic amines is 1. The van der Waals surface area contributed by atoms with Crippen molar-refractivity contribution in [1.29, 1.82) is 0 Å². The number of hydrogen-bond donors (Lipinski definition) is 2. The van der Waals surface area contributed by atoms with Crippen molar-refractivity contribution < 1.29 is 4.79 Å². The normalized spacial score (nSPS) is 11.9. The summed E-state index contributed by atoms with van der Waals surface area (Å²) in [5.74, 6) is 0.00572. The molecule has 0 bridgehead atoms. The Balaban J connectivity index is 0.00000208. The summed E-state index contributed by atoms with van der Waals surface area (Å²) in [5.41, 5.74) is 8.37. The van der Waals surface area contributed by atoms with Crippen LogP contribution in [0.2, 0.25) is 0 Å². The van der Waals surface area contributed by atoms with Crippen LogP contribution in [-0.2, 0) is 17.8 Å². The van der Waals surface area contributed by atoms with Crippen molar-refractivity contribution in [2.75, 3.05) is 6.54 Å². The first-order valence-electron chi connectivity index (χ1n) is 7.80. The summed E-state index contributed by atoms with van der Waals surface area (Å²) in [6.07, 6.45) is 2.50. The number of carbonyl (C=O) groups excluding carboxylic acids is 1. The van der Waals surface area contributed by atoms with Gasteiger partial charge in [0.05, 0.1) is 12.6 Å². The molecule has 2 aromatic heterocycles. The first-order chi connectivity index (χ1) is 11.2. The highest BCUT2D eigenvalue weighted by Gasteiger charge is 2.21. The fraction of sp³-hybridized carbons (Fsp3) is 0.278. The van der Waals surface area contributed by atoms with Gasteiger partial charge in [0.1, 0.15) is 0 Å². The molecule has 6 heteroatoms. The van der Waals surface area contributed by atoms with Gasteiger partial charge < -0.3 is 15.6 Å². The summed E-state index contributed by atoms with van der Waals surface area (Å²) in [6.45, 7) is 3.29. The van der Waals surface area contributed by atoms with E-state index >= 15 is 0 Å². The molecule has 0 fully saturated rings. The fourth-order valence-corrected chi connectivity index (χ4v) is 3.51. The van der Waals surface area contributed by atoms with Crippen LogP contribution in [-0.4, -0.2) is 28.4 Å². The minimum absolute atomic E-state index is 0. The predicted molar refractivity (Wildman–Crippen MR) is 103 cm³/mol. The number of fused-ring (bicyclic) bond motifs is 1. The van der Waals surface area contributed by atoms with E-state index in [1.54, 1.807) is 11.3 Å². The van der Waals surface area contributed by atoms with Crippen LogP contribution in [0.5, 0.6) is 0 Å². The average molecular weight is 364 g/mol. The van der Waals surface area contributed by atoms with Crippen molar-refractivity contribution in [2.24, 2.45) is 5.73 Å². The number of carbonyl (C=O) groups is 1. The van der Waals surface area contributed by atoms with Gasteiger partial charge in [0.15, 0.2) is 0 Å². The van der Waals surface area contributed by atoms with Crippen molar-refractivity contribution in [2.45, 2.75) is 25.9 Å². The Morgan fingerprint density at radius 3 is 2.79 bits per heavy atom. The van der Waals surface area contributed by atoms with E-state index in [1.165, 1.54) is 4.88 Å². The van der Waals surface area contributed by atoms with E-state index in [0.717, 1.165) is 16.5 Å². The van der Waals surface area contributed by atoms with Crippen molar-refractivity contribution in [3.05, 3.63) is 58.4 Å². The molecule has 0 radical (unpaired) electrons. The van der Waals surface area contributed by atoms with Crippen molar-refractivity contribution in [3.8, 4) is 0 Å². The van der Waals surface area contributed by atoms with Gasteiger partial charge in [-0.15, -0.1) is 23.7 Å². The number of hydrogen-bond acceptors (Lipinski definition) is 3. The van der Waals surface area contributed by atoms with Gasteiger partial charge in [0.25, 0.3) is 0 Å². The van der Waals surface area contributed by atoms with Crippen LogP contribution in [0.4, 0.5) is 0 Å². The summed E-state index contributed by atoms with van der Waals surface area (Å²) in [7, 11) is 0. The number of amides is 1. The first-order valence-corrected chi connectivity index (χ1v) is 8.68. The zero-order valence-electron chi connectivity index (χ0n) is 13.6. The van der Waals surface area contributed by atoms with E-state index in [9.17, 15) is 4.79 Å². The quantitative estimate of drug-likeness (QED) is 0.703. The monoisotopic (exact) mass is 363 g/mol. The van der Waals surface area contributed by atoms with Gasteiger partial charge >= 0.3 is 0 Å². The van der Waals surface area contributed by atoms with Gasteiger partial charge in [-0.2, -0.15) is 0 Å². The molecular formula is C18H22ClN3OS. The SMILES string of the molecule is CCN(Cc1cccs1)C(=O)[C@@H](N)Cc1c[nH]c2ccccc12.Cl. The lowest BCUT2D eigenvalue weighted by Gasteiger charge is -2.23. The third kappa shape index (κ3) is 3.98. The van der Waals surface area contributed by atoms with Gasteiger partial charge in [-0.3, -0.25) is 4.79 Å². The van der Waals surface area contributed by atoms with Crippen LogP contribution in [0.1, 0.15) is 17.4 Å². The molecule has 0 aliphatic rings. The summed E-state index contributed by atoms with van der Waals surface area (Å²) in [4.78, 5) is 18.9. The Hall–Kier alpha value is -1.82. The number of nitrogens with one attached hydrogen (secondary N) is 1. The van der Waals surface area contributed by atoms with Crippen LogP contribution in [0.3, 0.4) is 0 Å². The molecule has 128 valence electrons. The molecule has 4 nitrogen and oxygen atoms in total. The molecule has 2 heterocycles. The van der Waals surface area contributed by atoms with Crippen LogP contribution >= 0.6 is 23.7 Å². The maximum atomic E-state index is 12.7. The zero-order chi connectivity index (χ0) is 16.2. The van der Waals surface area contributed by atoms with Crippen molar-refractivity contribution in [3.63, 3.8) is 0 Å². The number of rotatable bonds is 6. The van der Waals surface area contributed by atoms with E-state index in [-0.39, 0.29) is 18.3 Å². The molecule has 1 amide bonds. The Morgan fingerprint density at radius 1 is 1.29 bits per heavy atom. The lowest BCUT2D eigenvalue weighted by Crippen LogP contribution is -2.44. The molecule has 24 heavy (non-hydrogen) atoms. The zero-order valence-corrected chi connectivity index (χ0v) is 15.2. The number of nitrogens with two attached hydrogens (primary N) is 1. The minimum atomic E-state index is -0.519. The predicted octanol–water partition coefficient (Wildman–Crippen LogP) is 3.57. The van der Waals surface area contributed by atoms with Crippen molar-refractivity contribution in [1.82, 2.24) is 9.88 Å². The molecule has 1 atom stereocenters. The van der Waals surface area contributed by atoms with E-state index in [1.807, 2.05) is 53.7 Å². The van der Waals surface area contributed by atoms with Crippen molar-refractivity contribution >= 4 is 40.6 Å². The third-order valence-electron chi connectivity index (χ3n) is 4.05. The van der Waals surface area contributed by atoms with Gasteiger partial charge in [0, 0.05) is 28.5 Å². The third-order valence-corrected chi connectivity index (χ3v) is 4.91. The number of para-hydroxylation sites is 1. The van der Waals surface area contributed by atoms with Crippen LogP contribution in [0.25, 0.3) is 10.9 Å². The number of likely N-dealkylation sites (N-methyl/N-ethyl adjacent to an activating group) is 1. The summed E-state index contributed by atoms with van der Waals surface area (Å²) >= 11 is 1.66. The van der Waals surface area contributed by atoms with Gasteiger partial charge in [-0.1, -0.05) is 24.3 Å². The molecule has 0 aliphatic heterocycles. The highest BCUT2D eigenvalue weighted by Crippen LogP contribution is 2.19. The largest absolute Gasteiger partial charge is 0.361 e. The number of benzene rings is 1. The summed E-state index contributed by atoms with van der Waals surface area (Å²) < 4.78 is 0. The molecule has 0 aliphatic carbocycles. The maximum Gasteiger partial charge on any atom is 0.240 e. The standard InChI is InChI=1S/C18H21N3OS.ClH/c1-2-21(12-14-6-5-9-23-14)18(22)16(19)10-13-11-20-17-8-4-3-7-15(13)17;/h3-9,11,16,20H,2,10,12,19H2,1H3;1H/t16-;/m0./s1. The fourth-order valence-electron chi connectivity index (χ4n) is 2.80. The summed E-state index contributed by atoms with van der Waals surface area (Å²) in [6, 6.07) is 11.6. The summed E-state index contributed by atoms with van der Waals surface area (Å²) in [5, 5.41) is 3.16. The van der Waals surface area contributed by atoms with Crippen LogP contribution in [0.15, 0.2) is 48.0 Å². The molecule has 0 unspecified atom stereocenters. The molecule has 0 spiro atoms. The minimum Gasteiger partial charge on any atom is -0.361 e. The Morgan fingerprint density at radius 2 is 2.08 bits per heavy atom. The van der Waals surface area contributed by atoms with Gasteiger partial charge in [-0.05, 0) is 36.4 Å². The Kier molecular flexibility index (Phi) is 6.43. The molecule has 0 saturated carbocycles. The maximum absolute atomic E-state index is 12.7. The number of nitrogens with zero attached hydrogens (tertiary/aromatic N) is 1. The number of halogens is 1. The highest BCUT2D eigenvalue weighted by atomic mass is 35.5. The second-order valence-corrected chi connectivity index (χ2v) is 6.63. The number of thiophene rings is 1. The second-order valence-electron chi connectivity index (χ2n) is 5.60. The smallest absolute Gasteiger partial charge is 0.240 e. The highest BCUT2D eigenvalue weighted by molar-refractivity contribution is 7.09. The number of H-pyrrole nitrogens is 1. The van der Waals surface area contributed by atoms with E-state index < -0.39 is 6.04 Å². The molecule has 0 saturated heterocycles. The van der Waals surface area contributed by atoms with E-state index in [4.69, 9.17) is 5.73 Å². The Labute approximate surface area is 152 Å². The van der Waals surface area contributed by atoms with E-state index in [0.29, 0.717) is 19.5 Å². The molecular weight excluding hydrogens is 342 g/mol. The lowest BCUT2D eigenvalue weighted by molar-refractivity contribution is -0.132. The molecule has 3 N–H and O–H groups in total. The number of aromatic nitrogens is 1. The average Bonchev–Trinajstić information content (AvgIpc) is 3.22. The lowest BCUT2D eigenvalue weighted by atomic mass is 10.0. The van der Waals surface area contributed by atoms with Crippen LogP contribution < -0.4 is 5.73 Å². The van der Waals surface area contributed by atoms with E-state index in [2.05, 4.69) is 11.1 Å². The molecule has 1 aromatic carbocycles. The van der Waals surface area contributed by atoms with Gasteiger partial charge in [0.2, 0.25) is 5.91 Å². The molecule has 3 aromatic rings. The Bertz CT molecular complexity index is 785. The first kappa shape index (κ1) is 18.5. The van der Waals surface area contributed by atoms with Crippen LogP contribution in [0, 0.1) is 0 Å². The molecule has 3 rings (SSSR count). The topological polar surface area (TPSA) is 62.1 Å².